The van der Waals surface area contributed by atoms with Gasteiger partial charge in [-0.25, -0.2) is 0 Å². The van der Waals surface area contributed by atoms with Gasteiger partial charge < -0.3 is 9.80 Å². The van der Waals surface area contributed by atoms with Crippen molar-refractivity contribution in [2.75, 3.05) is 40.3 Å². The summed E-state index contributed by atoms with van der Waals surface area (Å²) in [6, 6.07) is 0. The van der Waals surface area contributed by atoms with Gasteiger partial charge in [0.1, 0.15) is 0 Å². The third-order valence-corrected chi connectivity index (χ3v) is 4.69. The normalized spacial score (nSPS) is 26.4. The number of nitrogens with zero attached hydrogens (tertiary/aromatic N) is 2. The molecule has 1 saturated carbocycles. The Morgan fingerprint density at radius 2 is 1.56 bits per heavy atom. The highest BCUT2D eigenvalue weighted by Gasteiger charge is 2.35. The number of rotatable bonds is 3. The van der Waals surface area contributed by atoms with Gasteiger partial charge >= 0.3 is 0 Å². The van der Waals surface area contributed by atoms with Gasteiger partial charge in [-0.3, -0.25) is 0 Å². The van der Waals surface area contributed by atoms with E-state index in [9.17, 15) is 0 Å². The van der Waals surface area contributed by atoms with Crippen LogP contribution in [-0.2, 0) is 0 Å². The third kappa shape index (κ3) is 3.21. The van der Waals surface area contributed by atoms with Crippen LogP contribution in [0.2, 0.25) is 0 Å². The summed E-state index contributed by atoms with van der Waals surface area (Å²) in [4.78, 5) is 4.96. The van der Waals surface area contributed by atoms with Crippen LogP contribution in [0.5, 0.6) is 0 Å². The highest BCUT2D eigenvalue weighted by atomic mass is 15.2. The maximum Gasteiger partial charge on any atom is 0.0109 e. The van der Waals surface area contributed by atoms with Crippen molar-refractivity contribution in [1.82, 2.24) is 9.80 Å². The molecule has 0 bridgehead atoms. The Morgan fingerprint density at radius 3 is 2.12 bits per heavy atom. The van der Waals surface area contributed by atoms with E-state index >= 15 is 0 Å². The minimum Gasteiger partial charge on any atom is -0.308 e. The van der Waals surface area contributed by atoms with E-state index in [-0.39, 0.29) is 0 Å². The summed E-state index contributed by atoms with van der Waals surface area (Å²) in [6.07, 6.45) is 10.5. The first-order valence-corrected chi connectivity index (χ1v) is 7.07. The molecule has 2 heteroatoms. The van der Waals surface area contributed by atoms with Crippen molar-refractivity contribution in [2.45, 2.75) is 44.9 Å². The molecule has 0 unspecified atom stereocenters. The lowest BCUT2D eigenvalue weighted by Gasteiger charge is -2.44. The Hall–Kier alpha value is -0.0800. The minimum atomic E-state index is 0.771. The number of piperidine rings is 1. The van der Waals surface area contributed by atoms with Crippen molar-refractivity contribution < 1.29 is 0 Å². The molecule has 2 nitrogen and oxygen atoms in total. The first-order chi connectivity index (χ1) is 7.70. The smallest absolute Gasteiger partial charge is 0.0109 e. The molecule has 0 aromatic carbocycles. The molecule has 0 N–H and O–H groups in total. The molecule has 0 atom stereocenters. The Bertz CT molecular complexity index is 197. The summed E-state index contributed by atoms with van der Waals surface area (Å²) >= 11 is 0. The number of hydrogen-bond acceptors (Lipinski definition) is 2. The highest BCUT2D eigenvalue weighted by molar-refractivity contribution is 4.88. The first-order valence-electron chi connectivity index (χ1n) is 7.07. The van der Waals surface area contributed by atoms with Crippen LogP contribution in [0.3, 0.4) is 0 Å². The minimum absolute atomic E-state index is 0.771. The van der Waals surface area contributed by atoms with E-state index in [1.54, 1.807) is 0 Å². The van der Waals surface area contributed by atoms with E-state index < -0.39 is 0 Å². The van der Waals surface area contributed by atoms with E-state index in [2.05, 4.69) is 23.9 Å². The molecular formula is C14H28N2. The van der Waals surface area contributed by atoms with E-state index in [4.69, 9.17) is 0 Å². The van der Waals surface area contributed by atoms with E-state index in [0.717, 1.165) is 5.41 Å². The molecule has 1 spiro atoms. The summed E-state index contributed by atoms with van der Waals surface area (Å²) in [6.45, 7) is 5.19. The summed E-state index contributed by atoms with van der Waals surface area (Å²) in [7, 11) is 4.35. The lowest BCUT2D eigenvalue weighted by molar-refractivity contribution is 0.0648. The van der Waals surface area contributed by atoms with Crippen molar-refractivity contribution in [1.29, 1.82) is 0 Å². The predicted octanol–water partition coefficient (Wildman–Crippen LogP) is 2.59. The number of likely N-dealkylation sites (N-methyl/N-ethyl adjacent to an activating group) is 1. The van der Waals surface area contributed by atoms with E-state index in [1.807, 2.05) is 0 Å². The van der Waals surface area contributed by atoms with Crippen LogP contribution in [0.15, 0.2) is 0 Å². The van der Waals surface area contributed by atoms with E-state index in [1.165, 1.54) is 71.1 Å². The molecule has 1 aliphatic heterocycles. The van der Waals surface area contributed by atoms with Crippen LogP contribution >= 0.6 is 0 Å². The molecular weight excluding hydrogens is 196 g/mol. The Balaban J connectivity index is 1.73. The molecule has 0 radical (unpaired) electrons. The van der Waals surface area contributed by atoms with Gasteiger partial charge in [0.2, 0.25) is 0 Å². The van der Waals surface area contributed by atoms with Gasteiger partial charge in [-0.15, -0.1) is 0 Å². The first kappa shape index (κ1) is 12.4. The Kier molecular flexibility index (Phi) is 4.26. The van der Waals surface area contributed by atoms with E-state index in [0.29, 0.717) is 0 Å². The average Bonchev–Trinajstić information content (AvgIpc) is 2.29. The molecule has 94 valence electrons. The van der Waals surface area contributed by atoms with Gasteiger partial charge in [-0.2, -0.15) is 0 Å². The van der Waals surface area contributed by atoms with Crippen LogP contribution in [0, 0.1) is 5.41 Å². The van der Waals surface area contributed by atoms with Crippen LogP contribution in [0.1, 0.15) is 44.9 Å². The summed E-state index contributed by atoms with van der Waals surface area (Å²) in [5.74, 6) is 0. The maximum absolute atomic E-state index is 2.67. The van der Waals surface area contributed by atoms with Crippen LogP contribution < -0.4 is 0 Å². The standard InChI is InChI=1S/C14H28N2/c1-15(2)12-13-16-10-8-14(9-11-16)6-4-3-5-7-14/h3-13H2,1-2H3. The van der Waals surface area contributed by atoms with Crippen molar-refractivity contribution in [2.24, 2.45) is 5.41 Å². The van der Waals surface area contributed by atoms with Crippen molar-refractivity contribution in [3.8, 4) is 0 Å². The summed E-state index contributed by atoms with van der Waals surface area (Å²) in [5.41, 5.74) is 0.771. The second-order valence-corrected chi connectivity index (χ2v) is 6.21. The zero-order valence-corrected chi connectivity index (χ0v) is 11.2. The van der Waals surface area contributed by atoms with Gasteiger partial charge in [0.05, 0.1) is 0 Å². The fourth-order valence-corrected chi connectivity index (χ4v) is 3.39. The SMILES string of the molecule is CN(C)CCN1CCC2(CCCCC2)CC1. The summed E-state index contributed by atoms with van der Waals surface area (Å²) < 4.78 is 0. The molecule has 2 fully saturated rings. The van der Waals surface area contributed by atoms with Crippen molar-refractivity contribution >= 4 is 0 Å². The highest BCUT2D eigenvalue weighted by Crippen LogP contribution is 2.44. The third-order valence-electron chi connectivity index (χ3n) is 4.69. The number of hydrogen-bond donors (Lipinski definition) is 0. The fraction of sp³-hybridized carbons (Fsp3) is 1.00. The van der Waals surface area contributed by atoms with Gasteiger partial charge in [-0.1, -0.05) is 19.3 Å². The second kappa shape index (κ2) is 5.50. The second-order valence-electron chi connectivity index (χ2n) is 6.21. The largest absolute Gasteiger partial charge is 0.308 e. The van der Waals surface area contributed by atoms with Crippen molar-refractivity contribution in [3.05, 3.63) is 0 Å². The Labute approximate surface area is 101 Å². The number of likely N-dealkylation sites (tertiary alicyclic amines) is 1. The predicted molar refractivity (Wildman–Crippen MR) is 69.7 cm³/mol. The van der Waals surface area contributed by atoms with Crippen LogP contribution in [0.25, 0.3) is 0 Å². The van der Waals surface area contributed by atoms with Gasteiger partial charge in [0.25, 0.3) is 0 Å². The van der Waals surface area contributed by atoms with Crippen molar-refractivity contribution in [3.63, 3.8) is 0 Å². The lowest BCUT2D eigenvalue weighted by atomic mass is 9.68. The average molecular weight is 224 g/mol. The maximum atomic E-state index is 2.67. The quantitative estimate of drug-likeness (QED) is 0.727. The van der Waals surface area contributed by atoms with Crippen LogP contribution in [0.4, 0.5) is 0 Å². The zero-order valence-electron chi connectivity index (χ0n) is 11.2. The fourth-order valence-electron chi connectivity index (χ4n) is 3.39. The molecule has 1 aliphatic carbocycles. The molecule has 0 amide bonds. The van der Waals surface area contributed by atoms with Gasteiger partial charge in [0, 0.05) is 13.1 Å². The summed E-state index contributed by atoms with van der Waals surface area (Å²) in [5, 5.41) is 0. The monoisotopic (exact) mass is 224 g/mol. The molecule has 16 heavy (non-hydrogen) atoms. The molecule has 0 aromatic rings. The molecule has 1 heterocycles. The van der Waals surface area contributed by atoms with Crippen LogP contribution in [-0.4, -0.2) is 50.1 Å². The topological polar surface area (TPSA) is 6.48 Å². The Morgan fingerprint density at radius 1 is 0.938 bits per heavy atom. The molecule has 2 aliphatic rings. The zero-order chi connectivity index (χ0) is 11.4. The lowest BCUT2D eigenvalue weighted by Crippen LogP contribution is -2.43. The molecule has 1 saturated heterocycles. The molecule has 2 rings (SSSR count). The van der Waals surface area contributed by atoms with Gasteiger partial charge in [0.15, 0.2) is 0 Å². The van der Waals surface area contributed by atoms with Gasteiger partial charge in [-0.05, 0) is 58.3 Å². The molecule has 0 aromatic heterocycles.